The average molecular weight is 258 g/mol. The van der Waals surface area contributed by atoms with Crippen molar-refractivity contribution in [2.45, 2.75) is 26.4 Å². The summed E-state index contributed by atoms with van der Waals surface area (Å²) in [6, 6.07) is 12.8. The Kier molecular flexibility index (Phi) is 4.27. The fraction of sp³-hybridized carbons (Fsp3) is 0.375. The van der Waals surface area contributed by atoms with Gasteiger partial charge in [0, 0.05) is 26.3 Å². The van der Waals surface area contributed by atoms with E-state index < -0.39 is 0 Å². The molecule has 1 atom stereocenters. The van der Waals surface area contributed by atoms with E-state index in [-0.39, 0.29) is 6.04 Å². The van der Waals surface area contributed by atoms with Crippen molar-refractivity contribution >= 4 is 5.69 Å². The number of nitrogens with zero attached hydrogens (tertiary/aromatic N) is 1. The van der Waals surface area contributed by atoms with Crippen molar-refractivity contribution in [1.82, 2.24) is 5.32 Å². The minimum atomic E-state index is 0.224. The number of aryl methyl sites for hydroxylation is 1. The molecule has 0 fully saturated rings. The number of hydrogen-bond donors (Lipinski definition) is 1. The topological polar surface area (TPSA) is 28.4 Å². The van der Waals surface area contributed by atoms with E-state index in [1.54, 1.807) is 0 Å². The molecule has 0 radical (unpaired) electrons. The summed E-state index contributed by atoms with van der Waals surface area (Å²) in [5.41, 5.74) is 2.50. The zero-order valence-electron chi connectivity index (χ0n) is 12.1. The molecule has 1 heterocycles. The lowest BCUT2D eigenvalue weighted by Gasteiger charge is -2.14. The molecule has 0 aliphatic rings. The molecular formula is C16H22N2O. The van der Waals surface area contributed by atoms with Crippen LogP contribution in [0.3, 0.4) is 0 Å². The van der Waals surface area contributed by atoms with Crippen molar-refractivity contribution in [3.05, 3.63) is 53.5 Å². The minimum Gasteiger partial charge on any atom is -0.465 e. The number of hydrogen-bond acceptors (Lipinski definition) is 3. The average Bonchev–Trinajstić information content (AvgIpc) is 2.83. The summed E-state index contributed by atoms with van der Waals surface area (Å²) in [6.45, 7) is 4.93. The lowest BCUT2D eigenvalue weighted by atomic mass is 10.2. The third-order valence-corrected chi connectivity index (χ3v) is 3.25. The normalized spacial score (nSPS) is 12.4. The SMILES string of the molecule is Cc1ccc(C(C)NCc2ccc(N(C)C)cc2)o1. The quantitative estimate of drug-likeness (QED) is 0.889. The number of rotatable bonds is 5. The van der Waals surface area contributed by atoms with Gasteiger partial charge in [0.2, 0.25) is 0 Å². The van der Waals surface area contributed by atoms with Crippen LogP contribution in [0.15, 0.2) is 40.8 Å². The van der Waals surface area contributed by atoms with Crippen LogP contribution in [0.25, 0.3) is 0 Å². The summed E-state index contributed by atoms with van der Waals surface area (Å²) in [5.74, 6) is 1.95. The van der Waals surface area contributed by atoms with Crippen molar-refractivity contribution in [3.63, 3.8) is 0 Å². The van der Waals surface area contributed by atoms with E-state index in [2.05, 4.69) is 55.5 Å². The lowest BCUT2D eigenvalue weighted by Crippen LogP contribution is -2.17. The first-order valence-corrected chi connectivity index (χ1v) is 6.62. The van der Waals surface area contributed by atoms with Crippen LogP contribution < -0.4 is 10.2 Å². The zero-order valence-corrected chi connectivity index (χ0v) is 12.1. The Morgan fingerprint density at radius 1 is 1.11 bits per heavy atom. The third-order valence-electron chi connectivity index (χ3n) is 3.25. The number of benzene rings is 1. The Hall–Kier alpha value is -1.74. The van der Waals surface area contributed by atoms with Crippen molar-refractivity contribution in [2.24, 2.45) is 0 Å². The van der Waals surface area contributed by atoms with Crippen LogP contribution in [-0.2, 0) is 6.54 Å². The van der Waals surface area contributed by atoms with Gasteiger partial charge >= 0.3 is 0 Å². The standard InChI is InChI=1S/C16H22N2O/c1-12-5-10-16(19-12)13(2)17-11-14-6-8-15(9-7-14)18(3)4/h5-10,13,17H,11H2,1-4H3. The van der Waals surface area contributed by atoms with E-state index in [1.807, 2.05) is 19.1 Å². The Bertz CT molecular complexity index is 514. The van der Waals surface area contributed by atoms with Crippen LogP contribution in [0.4, 0.5) is 5.69 Å². The molecule has 102 valence electrons. The fourth-order valence-corrected chi connectivity index (χ4v) is 1.97. The van der Waals surface area contributed by atoms with Crippen LogP contribution in [0.5, 0.6) is 0 Å². The first kappa shape index (κ1) is 13.7. The van der Waals surface area contributed by atoms with Gasteiger partial charge in [0.05, 0.1) is 6.04 Å². The van der Waals surface area contributed by atoms with Crippen molar-refractivity contribution < 1.29 is 4.42 Å². The summed E-state index contributed by atoms with van der Waals surface area (Å²) < 4.78 is 5.62. The number of nitrogens with one attached hydrogen (secondary N) is 1. The molecule has 1 aromatic heterocycles. The Morgan fingerprint density at radius 3 is 2.32 bits per heavy atom. The number of anilines is 1. The highest BCUT2D eigenvalue weighted by Gasteiger charge is 2.08. The Labute approximate surface area is 115 Å². The molecule has 0 aliphatic carbocycles. The van der Waals surface area contributed by atoms with Gasteiger partial charge in [-0.05, 0) is 43.7 Å². The second-order valence-electron chi connectivity index (χ2n) is 5.11. The third kappa shape index (κ3) is 3.61. The molecule has 3 nitrogen and oxygen atoms in total. The summed E-state index contributed by atoms with van der Waals surface area (Å²) in [5, 5.41) is 3.47. The highest BCUT2D eigenvalue weighted by atomic mass is 16.3. The lowest BCUT2D eigenvalue weighted by molar-refractivity contribution is 0.416. The van der Waals surface area contributed by atoms with Gasteiger partial charge in [-0.3, -0.25) is 0 Å². The van der Waals surface area contributed by atoms with Crippen LogP contribution >= 0.6 is 0 Å². The van der Waals surface area contributed by atoms with E-state index in [4.69, 9.17) is 4.42 Å². The van der Waals surface area contributed by atoms with Gasteiger partial charge in [0.15, 0.2) is 0 Å². The van der Waals surface area contributed by atoms with Crippen LogP contribution in [0.1, 0.15) is 30.0 Å². The smallest absolute Gasteiger partial charge is 0.120 e. The fourth-order valence-electron chi connectivity index (χ4n) is 1.97. The van der Waals surface area contributed by atoms with Gasteiger partial charge in [-0.1, -0.05) is 12.1 Å². The molecule has 0 amide bonds. The number of furan rings is 1. The summed E-state index contributed by atoms with van der Waals surface area (Å²) in [7, 11) is 4.10. The zero-order chi connectivity index (χ0) is 13.8. The molecule has 2 aromatic rings. The molecule has 1 N–H and O–H groups in total. The summed E-state index contributed by atoms with van der Waals surface area (Å²) >= 11 is 0. The highest BCUT2D eigenvalue weighted by molar-refractivity contribution is 5.45. The molecule has 0 spiro atoms. The minimum absolute atomic E-state index is 0.224. The Morgan fingerprint density at radius 2 is 1.79 bits per heavy atom. The van der Waals surface area contributed by atoms with Gasteiger partial charge in [-0.25, -0.2) is 0 Å². The first-order chi connectivity index (χ1) is 9.06. The second-order valence-corrected chi connectivity index (χ2v) is 5.11. The van der Waals surface area contributed by atoms with Gasteiger partial charge in [-0.2, -0.15) is 0 Å². The molecule has 1 aromatic carbocycles. The molecule has 0 saturated heterocycles. The van der Waals surface area contributed by atoms with Gasteiger partial charge in [0.1, 0.15) is 11.5 Å². The van der Waals surface area contributed by atoms with E-state index in [1.165, 1.54) is 11.3 Å². The summed E-state index contributed by atoms with van der Waals surface area (Å²) in [6.07, 6.45) is 0. The van der Waals surface area contributed by atoms with Crippen molar-refractivity contribution in [2.75, 3.05) is 19.0 Å². The summed E-state index contributed by atoms with van der Waals surface area (Å²) in [4.78, 5) is 2.10. The monoisotopic (exact) mass is 258 g/mol. The van der Waals surface area contributed by atoms with Crippen molar-refractivity contribution in [1.29, 1.82) is 0 Å². The van der Waals surface area contributed by atoms with E-state index >= 15 is 0 Å². The van der Waals surface area contributed by atoms with Crippen molar-refractivity contribution in [3.8, 4) is 0 Å². The van der Waals surface area contributed by atoms with Gasteiger partial charge in [-0.15, -0.1) is 0 Å². The molecule has 2 rings (SSSR count). The van der Waals surface area contributed by atoms with E-state index in [0.29, 0.717) is 0 Å². The largest absolute Gasteiger partial charge is 0.465 e. The maximum absolute atomic E-state index is 5.62. The second kappa shape index (κ2) is 5.93. The molecule has 0 saturated carbocycles. The maximum Gasteiger partial charge on any atom is 0.120 e. The Balaban J connectivity index is 1.91. The molecule has 0 aliphatic heterocycles. The molecule has 1 unspecified atom stereocenters. The van der Waals surface area contributed by atoms with E-state index in [9.17, 15) is 0 Å². The molecule has 3 heteroatoms. The molecule has 0 bridgehead atoms. The highest BCUT2D eigenvalue weighted by Crippen LogP contribution is 2.17. The molecule has 19 heavy (non-hydrogen) atoms. The first-order valence-electron chi connectivity index (χ1n) is 6.62. The van der Waals surface area contributed by atoms with Gasteiger partial charge in [0.25, 0.3) is 0 Å². The van der Waals surface area contributed by atoms with Crippen LogP contribution in [-0.4, -0.2) is 14.1 Å². The predicted octanol–water partition coefficient (Wildman–Crippen LogP) is 3.50. The predicted molar refractivity (Wildman–Crippen MR) is 79.5 cm³/mol. The van der Waals surface area contributed by atoms with Crippen LogP contribution in [0, 0.1) is 6.92 Å². The maximum atomic E-state index is 5.62. The van der Waals surface area contributed by atoms with Gasteiger partial charge < -0.3 is 14.6 Å². The van der Waals surface area contributed by atoms with Crippen LogP contribution in [0.2, 0.25) is 0 Å². The molecular weight excluding hydrogens is 236 g/mol. The van der Waals surface area contributed by atoms with E-state index in [0.717, 1.165) is 18.1 Å².